The molecule has 1 aliphatic heterocycles. The van der Waals surface area contributed by atoms with Crippen molar-refractivity contribution in [1.82, 2.24) is 9.97 Å². The first kappa shape index (κ1) is 15.3. The molecule has 1 saturated carbocycles. The Hall–Kier alpha value is -2.28. The van der Waals surface area contributed by atoms with Gasteiger partial charge in [0.2, 0.25) is 5.95 Å². The van der Waals surface area contributed by atoms with E-state index in [0.29, 0.717) is 35.2 Å². The number of methoxy groups -OCH3 is 2. The lowest BCUT2D eigenvalue weighted by molar-refractivity contribution is -0.424. The van der Waals surface area contributed by atoms with E-state index in [-0.39, 0.29) is 0 Å². The van der Waals surface area contributed by atoms with Crippen LogP contribution >= 0.6 is 0 Å². The number of aromatic nitrogens is 2. The molecule has 4 rings (SSSR count). The molecule has 1 aliphatic carbocycles. The molecule has 0 spiro atoms. The molecule has 7 heteroatoms. The number of fused-ring (bicyclic) bond motifs is 1. The summed E-state index contributed by atoms with van der Waals surface area (Å²) in [6.45, 7) is 1.86. The number of rotatable bonds is 4. The second-order valence-electron chi connectivity index (χ2n) is 6.80. The number of nitrogens with zero attached hydrogens (tertiary/aromatic N) is 3. The summed E-state index contributed by atoms with van der Waals surface area (Å²) in [7, 11) is 3.22. The van der Waals surface area contributed by atoms with Gasteiger partial charge < -0.3 is 25.8 Å². The Labute approximate surface area is 140 Å². The topological polar surface area (TPSA) is 101 Å². The van der Waals surface area contributed by atoms with Gasteiger partial charge in [-0.25, -0.2) is 4.98 Å². The summed E-state index contributed by atoms with van der Waals surface area (Å²) in [6, 6.07) is 4.11. The van der Waals surface area contributed by atoms with Gasteiger partial charge in [0.1, 0.15) is 11.9 Å². The van der Waals surface area contributed by atoms with E-state index in [4.69, 9.17) is 20.2 Å². The average Bonchev–Trinajstić information content (AvgIpc) is 3.35. The first-order valence-corrected chi connectivity index (χ1v) is 8.38. The molecule has 2 atom stereocenters. The fourth-order valence-electron chi connectivity index (χ4n) is 3.73. The number of nitrogens with two attached hydrogens (primary N) is 1. The number of quaternary nitrogens is 1. The lowest BCUT2D eigenvalue weighted by Gasteiger charge is -2.17. The third-order valence-corrected chi connectivity index (χ3v) is 5.22. The van der Waals surface area contributed by atoms with Gasteiger partial charge in [-0.3, -0.25) is 0 Å². The largest absolute Gasteiger partial charge is 0.493 e. The summed E-state index contributed by atoms with van der Waals surface area (Å²) in [6.07, 6.45) is 2.67. The van der Waals surface area contributed by atoms with Crippen molar-refractivity contribution in [2.45, 2.75) is 18.9 Å². The minimum Gasteiger partial charge on any atom is -0.493 e. The van der Waals surface area contributed by atoms with Gasteiger partial charge in [0, 0.05) is 23.9 Å². The molecule has 1 aromatic carbocycles. The van der Waals surface area contributed by atoms with Gasteiger partial charge in [0.25, 0.3) is 0 Å². The van der Waals surface area contributed by atoms with Crippen LogP contribution in [0.4, 0.5) is 11.8 Å². The number of ether oxygens (including phenoxy) is 2. The Morgan fingerprint density at radius 2 is 1.83 bits per heavy atom. The molecule has 128 valence electrons. The normalized spacial score (nSPS) is 23.7. The molecule has 5 N–H and O–H groups in total. The van der Waals surface area contributed by atoms with E-state index >= 15 is 0 Å². The summed E-state index contributed by atoms with van der Waals surface area (Å²) in [5, 5.41) is 0.778. The fraction of sp³-hybridized carbons (Fsp3) is 0.529. The molecule has 7 nitrogen and oxygen atoms in total. The van der Waals surface area contributed by atoms with E-state index in [1.165, 1.54) is 12.8 Å². The minimum absolute atomic E-state index is 0.434. The van der Waals surface area contributed by atoms with Gasteiger partial charge in [-0.2, -0.15) is 4.98 Å². The molecule has 1 aromatic heterocycles. The van der Waals surface area contributed by atoms with Crippen molar-refractivity contribution in [3.8, 4) is 11.5 Å². The maximum Gasteiger partial charge on any atom is 0.228 e. The first-order valence-electron chi connectivity index (χ1n) is 8.38. The maximum absolute atomic E-state index is 6.19. The highest BCUT2D eigenvalue weighted by molar-refractivity contribution is 5.91. The highest BCUT2D eigenvalue weighted by Gasteiger charge is 2.43. The summed E-state index contributed by atoms with van der Waals surface area (Å²) in [4.78, 5) is 11.5. The molecule has 2 heterocycles. The highest BCUT2D eigenvalue weighted by atomic mass is 16.5. The number of hydrogen-bond acceptors (Lipinski definition) is 6. The van der Waals surface area contributed by atoms with Crippen LogP contribution in [0.25, 0.3) is 10.9 Å². The lowest BCUT2D eigenvalue weighted by Crippen LogP contribution is -2.65. The van der Waals surface area contributed by atoms with E-state index in [1.54, 1.807) is 14.2 Å². The number of anilines is 2. The van der Waals surface area contributed by atoms with Crippen molar-refractivity contribution in [1.29, 1.82) is 0 Å². The Morgan fingerprint density at radius 1 is 1.12 bits per heavy atom. The molecule has 2 fully saturated rings. The number of hydrogen-bond donors (Lipinski definition) is 2. The summed E-state index contributed by atoms with van der Waals surface area (Å²) in [5.41, 5.74) is 11.3. The summed E-state index contributed by atoms with van der Waals surface area (Å²) < 4.78 is 10.7. The second-order valence-corrected chi connectivity index (χ2v) is 6.80. The highest BCUT2D eigenvalue weighted by Crippen LogP contribution is 2.41. The minimum atomic E-state index is 0.434. The molecular formula is C17H24N5O2+. The van der Waals surface area contributed by atoms with E-state index in [1.807, 2.05) is 12.1 Å². The molecular weight excluding hydrogens is 306 g/mol. The predicted molar refractivity (Wildman–Crippen MR) is 92.2 cm³/mol. The van der Waals surface area contributed by atoms with Crippen LogP contribution in [0.1, 0.15) is 12.8 Å². The number of benzene rings is 1. The predicted octanol–water partition coefficient (Wildman–Crippen LogP) is 0.686. The van der Waals surface area contributed by atoms with Crippen molar-refractivity contribution in [3.63, 3.8) is 0 Å². The van der Waals surface area contributed by atoms with Gasteiger partial charge in [-0.05, 0) is 24.8 Å². The third-order valence-electron chi connectivity index (χ3n) is 5.22. The molecule has 0 unspecified atom stereocenters. The molecule has 24 heavy (non-hydrogen) atoms. The zero-order chi connectivity index (χ0) is 16.8. The van der Waals surface area contributed by atoms with E-state index < -0.39 is 0 Å². The van der Waals surface area contributed by atoms with Crippen LogP contribution in [0.5, 0.6) is 11.5 Å². The van der Waals surface area contributed by atoms with Crippen LogP contribution in [0.15, 0.2) is 12.1 Å². The van der Waals surface area contributed by atoms with Gasteiger partial charge >= 0.3 is 0 Å². The maximum atomic E-state index is 6.19. The van der Waals surface area contributed by atoms with Gasteiger partial charge in [0.15, 0.2) is 11.5 Å². The summed E-state index contributed by atoms with van der Waals surface area (Å²) >= 11 is 0. The Morgan fingerprint density at radius 3 is 2.50 bits per heavy atom. The van der Waals surface area contributed by atoms with E-state index in [9.17, 15) is 0 Å². The van der Waals surface area contributed by atoms with Crippen LogP contribution in [0, 0.1) is 11.8 Å². The lowest BCUT2D eigenvalue weighted by atomic mass is 9.99. The molecule has 1 saturated heterocycles. The Kier molecular flexibility index (Phi) is 3.60. The van der Waals surface area contributed by atoms with Crippen molar-refractivity contribution in [2.75, 3.05) is 37.9 Å². The Bertz CT molecular complexity index is 777. The van der Waals surface area contributed by atoms with Crippen molar-refractivity contribution in [2.24, 2.45) is 11.8 Å². The zero-order valence-electron chi connectivity index (χ0n) is 14.2. The molecule has 2 aromatic rings. The molecule has 0 radical (unpaired) electrons. The zero-order valence-corrected chi connectivity index (χ0v) is 14.2. The van der Waals surface area contributed by atoms with Gasteiger partial charge in [-0.15, -0.1) is 0 Å². The summed E-state index contributed by atoms with van der Waals surface area (Å²) in [5.74, 6) is 3.90. The standard InChI is InChI=1S/C17H23N5O2/c1-23-14-5-10-13(6-15(14)24-2)20-17(21-16(10)19)22-7-11(9-3-4-9)12(18)8-22/h5-6,9,11-12H,3-4,7-8,18H2,1-2H3,(H2,19,20,21)/p+1/t11-,12-/m1/s1. The van der Waals surface area contributed by atoms with Crippen LogP contribution in [0.2, 0.25) is 0 Å². The molecule has 0 bridgehead atoms. The smallest absolute Gasteiger partial charge is 0.228 e. The first-order chi connectivity index (χ1) is 11.6. The fourth-order valence-corrected chi connectivity index (χ4v) is 3.73. The SMILES string of the molecule is COc1cc2nc(N3C[C@@H]([NH3+])[C@@H](C4CC4)C3)nc(N)c2cc1OC. The average molecular weight is 330 g/mol. The molecule has 2 aliphatic rings. The van der Waals surface area contributed by atoms with Crippen LogP contribution in [-0.2, 0) is 0 Å². The number of nitrogen functional groups attached to an aromatic ring is 1. The van der Waals surface area contributed by atoms with Crippen LogP contribution < -0.4 is 25.8 Å². The Balaban J connectivity index is 1.72. The molecule has 0 amide bonds. The van der Waals surface area contributed by atoms with Gasteiger partial charge in [-0.1, -0.05) is 0 Å². The third kappa shape index (κ3) is 2.49. The van der Waals surface area contributed by atoms with Crippen LogP contribution in [0.3, 0.4) is 0 Å². The van der Waals surface area contributed by atoms with E-state index in [2.05, 4.69) is 15.6 Å². The van der Waals surface area contributed by atoms with Crippen molar-refractivity contribution >= 4 is 22.7 Å². The second kappa shape index (κ2) is 5.66. The van der Waals surface area contributed by atoms with Crippen molar-refractivity contribution < 1.29 is 15.2 Å². The van der Waals surface area contributed by atoms with Crippen LogP contribution in [-0.4, -0.2) is 43.3 Å². The monoisotopic (exact) mass is 330 g/mol. The van der Waals surface area contributed by atoms with Crippen molar-refractivity contribution in [3.05, 3.63) is 12.1 Å². The van der Waals surface area contributed by atoms with E-state index in [0.717, 1.165) is 29.9 Å². The van der Waals surface area contributed by atoms with Gasteiger partial charge in [0.05, 0.1) is 26.3 Å². The quantitative estimate of drug-likeness (QED) is 0.855.